The van der Waals surface area contributed by atoms with E-state index < -0.39 is 5.91 Å². The van der Waals surface area contributed by atoms with Gasteiger partial charge in [-0.1, -0.05) is 42.0 Å². The van der Waals surface area contributed by atoms with Gasteiger partial charge in [-0.2, -0.15) is 0 Å². The number of benzene rings is 2. The number of amides is 3. The predicted molar refractivity (Wildman–Crippen MR) is 101 cm³/mol. The van der Waals surface area contributed by atoms with E-state index in [-0.39, 0.29) is 25.1 Å². The molecule has 0 heterocycles. The zero-order valence-corrected chi connectivity index (χ0v) is 14.9. The van der Waals surface area contributed by atoms with Crippen molar-refractivity contribution in [1.29, 1.82) is 0 Å². The first kappa shape index (κ1) is 19.5. The molecule has 0 radical (unpaired) electrons. The maximum atomic E-state index is 12.0. The summed E-state index contributed by atoms with van der Waals surface area (Å²) in [7, 11) is 0. The van der Waals surface area contributed by atoms with E-state index in [2.05, 4.69) is 10.6 Å². The van der Waals surface area contributed by atoms with Crippen molar-refractivity contribution in [3.63, 3.8) is 0 Å². The fourth-order valence-corrected chi connectivity index (χ4v) is 2.58. The smallest absolute Gasteiger partial charge is 0.315 e. The monoisotopic (exact) mass is 355 g/mol. The van der Waals surface area contributed by atoms with Crippen molar-refractivity contribution in [3.8, 4) is 0 Å². The van der Waals surface area contributed by atoms with E-state index >= 15 is 0 Å². The van der Waals surface area contributed by atoms with Crippen molar-refractivity contribution in [1.82, 2.24) is 10.6 Å². The van der Waals surface area contributed by atoms with Crippen LogP contribution in [0, 0.1) is 12.8 Å². The van der Waals surface area contributed by atoms with Crippen LogP contribution in [0.5, 0.6) is 0 Å². The topological polar surface area (TPSA) is 104 Å². The first-order valence-corrected chi connectivity index (χ1v) is 8.54. The van der Waals surface area contributed by atoms with Crippen molar-refractivity contribution in [3.05, 3.63) is 70.8 Å². The maximum absolute atomic E-state index is 12.0. The zero-order valence-electron chi connectivity index (χ0n) is 14.9. The van der Waals surface area contributed by atoms with Gasteiger partial charge < -0.3 is 21.5 Å². The molecule has 0 aliphatic rings. The summed E-state index contributed by atoms with van der Waals surface area (Å²) >= 11 is 0. The van der Waals surface area contributed by atoms with Crippen LogP contribution in [0.2, 0.25) is 0 Å². The summed E-state index contributed by atoms with van der Waals surface area (Å²) in [6.45, 7) is 2.68. The number of carbonyl (C=O) groups is 2. The number of carbonyl (C=O) groups excluding carboxylic acids is 2. The second-order valence-electron chi connectivity index (χ2n) is 6.37. The molecule has 0 aliphatic heterocycles. The van der Waals surface area contributed by atoms with Crippen LogP contribution in [0.15, 0.2) is 48.5 Å². The van der Waals surface area contributed by atoms with E-state index in [0.717, 1.165) is 11.1 Å². The molecule has 0 saturated carbocycles. The van der Waals surface area contributed by atoms with Gasteiger partial charge in [0.25, 0.3) is 0 Å². The van der Waals surface area contributed by atoms with Gasteiger partial charge in [0.2, 0.25) is 5.91 Å². The maximum Gasteiger partial charge on any atom is 0.315 e. The average Bonchev–Trinajstić information content (AvgIpc) is 2.65. The van der Waals surface area contributed by atoms with Crippen LogP contribution in [-0.4, -0.2) is 30.2 Å². The third-order valence-corrected chi connectivity index (χ3v) is 4.12. The number of primary amides is 1. The van der Waals surface area contributed by atoms with Crippen LogP contribution in [0.25, 0.3) is 0 Å². The molecule has 0 spiro atoms. The highest BCUT2D eigenvalue weighted by molar-refractivity contribution is 5.92. The Morgan fingerprint density at radius 1 is 1.08 bits per heavy atom. The highest BCUT2D eigenvalue weighted by Crippen LogP contribution is 2.09. The first-order valence-electron chi connectivity index (χ1n) is 8.54. The van der Waals surface area contributed by atoms with Crippen LogP contribution in [0.3, 0.4) is 0 Å². The van der Waals surface area contributed by atoms with Gasteiger partial charge in [-0.3, -0.25) is 4.79 Å². The minimum atomic E-state index is -0.502. The van der Waals surface area contributed by atoms with E-state index in [4.69, 9.17) is 5.73 Å². The summed E-state index contributed by atoms with van der Waals surface area (Å²) in [5.74, 6) is -0.556. The summed E-state index contributed by atoms with van der Waals surface area (Å²) in [4.78, 5) is 23.1. The van der Waals surface area contributed by atoms with Crippen LogP contribution < -0.4 is 16.4 Å². The summed E-state index contributed by atoms with van der Waals surface area (Å²) < 4.78 is 0. The zero-order chi connectivity index (χ0) is 18.9. The highest BCUT2D eigenvalue weighted by atomic mass is 16.3. The Morgan fingerprint density at radius 3 is 2.46 bits per heavy atom. The molecule has 0 fully saturated rings. The van der Waals surface area contributed by atoms with Crippen LogP contribution >= 0.6 is 0 Å². The summed E-state index contributed by atoms with van der Waals surface area (Å²) in [5.41, 5.74) is 8.75. The van der Waals surface area contributed by atoms with Crippen molar-refractivity contribution in [2.45, 2.75) is 19.9 Å². The number of urea groups is 1. The summed E-state index contributed by atoms with van der Waals surface area (Å²) in [5, 5.41) is 15.0. The van der Waals surface area contributed by atoms with Crippen molar-refractivity contribution < 1.29 is 14.7 Å². The van der Waals surface area contributed by atoms with Crippen LogP contribution in [0.4, 0.5) is 4.79 Å². The van der Waals surface area contributed by atoms with E-state index in [1.165, 1.54) is 5.56 Å². The van der Waals surface area contributed by atoms with Gasteiger partial charge in [0.1, 0.15) is 0 Å². The van der Waals surface area contributed by atoms with Gasteiger partial charge in [0, 0.05) is 31.2 Å². The molecule has 0 saturated heterocycles. The van der Waals surface area contributed by atoms with Crippen molar-refractivity contribution >= 4 is 11.9 Å². The fraction of sp³-hybridized carbons (Fsp3) is 0.300. The molecule has 2 rings (SSSR count). The highest BCUT2D eigenvalue weighted by Gasteiger charge is 2.11. The number of aryl methyl sites for hydroxylation is 1. The Hall–Kier alpha value is -2.86. The van der Waals surface area contributed by atoms with Crippen LogP contribution in [0.1, 0.15) is 27.0 Å². The van der Waals surface area contributed by atoms with Crippen molar-refractivity contribution in [2.24, 2.45) is 11.7 Å². The van der Waals surface area contributed by atoms with Crippen LogP contribution in [-0.2, 0) is 13.0 Å². The molecular weight excluding hydrogens is 330 g/mol. The second-order valence-corrected chi connectivity index (χ2v) is 6.37. The van der Waals surface area contributed by atoms with Gasteiger partial charge in [-0.25, -0.2) is 4.79 Å². The van der Waals surface area contributed by atoms with Crippen molar-refractivity contribution in [2.75, 3.05) is 13.2 Å². The Balaban J connectivity index is 1.78. The van der Waals surface area contributed by atoms with E-state index in [9.17, 15) is 14.7 Å². The number of nitrogens with two attached hydrogens (primary N) is 1. The molecule has 1 atom stereocenters. The third kappa shape index (κ3) is 6.22. The van der Waals surface area contributed by atoms with E-state index in [1.807, 2.05) is 31.2 Å². The van der Waals surface area contributed by atoms with Gasteiger partial charge in [0.05, 0.1) is 0 Å². The number of rotatable bonds is 8. The normalized spacial score (nSPS) is 11.6. The minimum absolute atomic E-state index is 0.00515. The Morgan fingerprint density at radius 2 is 1.81 bits per heavy atom. The molecule has 5 N–H and O–H groups in total. The summed E-state index contributed by atoms with van der Waals surface area (Å²) in [6, 6.07) is 14.6. The molecule has 2 aromatic carbocycles. The Bertz CT molecular complexity index is 744. The van der Waals surface area contributed by atoms with Gasteiger partial charge in [-0.05, 0) is 36.6 Å². The molecule has 1 unspecified atom stereocenters. The third-order valence-electron chi connectivity index (χ3n) is 4.12. The molecule has 0 aliphatic carbocycles. The molecule has 6 heteroatoms. The number of nitrogens with one attached hydrogen (secondary N) is 2. The molecule has 3 amide bonds. The molecule has 6 nitrogen and oxygen atoms in total. The molecule has 26 heavy (non-hydrogen) atoms. The average molecular weight is 355 g/mol. The lowest BCUT2D eigenvalue weighted by Crippen LogP contribution is -2.39. The Kier molecular flexibility index (Phi) is 7.17. The van der Waals surface area contributed by atoms with Gasteiger partial charge in [-0.15, -0.1) is 0 Å². The van der Waals surface area contributed by atoms with E-state index in [1.54, 1.807) is 24.3 Å². The van der Waals surface area contributed by atoms with Gasteiger partial charge in [0.15, 0.2) is 0 Å². The number of hydrogen-bond acceptors (Lipinski definition) is 3. The SMILES string of the molecule is Cc1ccc(CC(CO)CNC(=O)NCc2cccc(C(N)=O)c2)cc1. The Labute approximate surface area is 153 Å². The number of hydrogen-bond donors (Lipinski definition) is 4. The molecule has 0 aromatic heterocycles. The minimum Gasteiger partial charge on any atom is -0.396 e. The standard InChI is InChI=1S/C20H25N3O3/c1-14-5-7-15(8-6-14)9-17(13-24)12-23-20(26)22-11-16-3-2-4-18(10-16)19(21)25/h2-8,10,17,24H,9,11-13H2,1H3,(H2,21,25)(H2,22,23,26). The summed E-state index contributed by atoms with van der Waals surface area (Å²) in [6.07, 6.45) is 0.692. The lowest BCUT2D eigenvalue weighted by atomic mass is 9.99. The predicted octanol–water partition coefficient (Wildman–Crippen LogP) is 1.74. The lowest BCUT2D eigenvalue weighted by molar-refractivity contribution is 0.1000. The lowest BCUT2D eigenvalue weighted by Gasteiger charge is -2.16. The van der Waals surface area contributed by atoms with E-state index in [0.29, 0.717) is 18.5 Å². The first-order chi connectivity index (χ1) is 12.5. The van der Waals surface area contributed by atoms with Gasteiger partial charge >= 0.3 is 6.03 Å². The second kappa shape index (κ2) is 9.58. The number of aliphatic hydroxyl groups is 1. The number of aliphatic hydroxyl groups excluding tert-OH is 1. The molecule has 0 bridgehead atoms. The fourth-order valence-electron chi connectivity index (χ4n) is 2.58. The quantitative estimate of drug-likeness (QED) is 0.580. The molecule has 2 aromatic rings. The molecular formula is C20H25N3O3. The molecule has 138 valence electrons. The largest absolute Gasteiger partial charge is 0.396 e.